The summed E-state index contributed by atoms with van der Waals surface area (Å²) in [6.45, 7) is 11.0. The summed E-state index contributed by atoms with van der Waals surface area (Å²) in [7, 11) is 1.76. The van der Waals surface area contributed by atoms with Crippen molar-refractivity contribution >= 4 is 0 Å². The van der Waals surface area contributed by atoms with Crippen LogP contribution in [0.5, 0.6) is 5.75 Å². The van der Waals surface area contributed by atoms with Crippen LogP contribution < -0.4 is 10.5 Å². The van der Waals surface area contributed by atoms with Gasteiger partial charge in [-0.1, -0.05) is 32.9 Å². The van der Waals surface area contributed by atoms with Gasteiger partial charge in [0, 0.05) is 17.0 Å². The van der Waals surface area contributed by atoms with Crippen LogP contribution in [0.3, 0.4) is 0 Å². The Morgan fingerprint density at radius 1 is 1.26 bits per heavy atom. The van der Waals surface area contributed by atoms with Gasteiger partial charge in [0.15, 0.2) is 0 Å². The lowest BCUT2D eigenvalue weighted by Gasteiger charge is -2.28. The van der Waals surface area contributed by atoms with Gasteiger partial charge >= 0.3 is 0 Å². The molecule has 1 fully saturated rings. The molecule has 0 aromatic heterocycles. The number of hydrogen-bond acceptors (Lipinski definition) is 2. The molecule has 1 aliphatic carbocycles. The van der Waals surface area contributed by atoms with Crippen molar-refractivity contribution in [1.29, 1.82) is 0 Å². The third kappa shape index (κ3) is 2.38. The number of benzene rings is 1. The quantitative estimate of drug-likeness (QED) is 0.901. The summed E-state index contributed by atoms with van der Waals surface area (Å²) in [4.78, 5) is 0. The van der Waals surface area contributed by atoms with Crippen LogP contribution in [0.25, 0.3) is 0 Å². The lowest BCUT2D eigenvalue weighted by molar-refractivity contribution is 0.393. The summed E-state index contributed by atoms with van der Waals surface area (Å²) in [5.74, 6) is 1.02. The molecular weight excluding hydrogens is 234 g/mol. The summed E-state index contributed by atoms with van der Waals surface area (Å²) in [6.07, 6.45) is 2.42. The van der Waals surface area contributed by atoms with Crippen molar-refractivity contribution in [2.24, 2.45) is 5.73 Å². The standard InChI is InChI=1S/C17H27NO/c1-11-9-13(17(7-8-17)12(2)18)10-14(15(11)19-6)16(3,4)5/h9-10,12H,7-8,18H2,1-6H3. The highest BCUT2D eigenvalue weighted by Crippen LogP contribution is 2.52. The number of aryl methyl sites for hydroxylation is 1. The van der Waals surface area contributed by atoms with Gasteiger partial charge in [-0.3, -0.25) is 0 Å². The second kappa shape index (κ2) is 4.52. The highest BCUT2D eigenvalue weighted by Gasteiger charge is 2.48. The first-order chi connectivity index (χ1) is 8.72. The Kier molecular flexibility index (Phi) is 3.42. The highest BCUT2D eigenvalue weighted by molar-refractivity contribution is 5.51. The zero-order valence-electron chi connectivity index (χ0n) is 13.1. The van der Waals surface area contributed by atoms with Gasteiger partial charge in [-0.15, -0.1) is 0 Å². The molecule has 1 aromatic carbocycles. The highest BCUT2D eigenvalue weighted by atomic mass is 16.5. The molecule has 2 N–H and O–H groups in total. The van der Waals surface area contributed by atoms with Crippen molar-refractivity contribution in [3.05, 3.63) is 28.8 Å². The molecule has 19 heavy (non-hydrogen) atoms. The monoisotopic (exact) mass is 261 g/mol. The topological polar surface area (TPSA) is 35.2 Å². The van der Waals surface area contributed by atoms with E-state index in [2.05, 4.69) is 46.8 Å². The van der Waals surface area contributed by atoms with Crippen LogP contribution in [-0.2, 0) is 10.8 Å². The predicted octanol–water partition coefficient (Wildman–Crippen LogP) is 3.68. The predicted molar refractivity (Wildman–Crippen MR) is 81.0 cm³/mol. The van der Waals surface area contributed by atoms with E-state index in [-0.39, 0.29) is 16.9 Å². The van der Waals surface area contributed by atoms with Crippen LogP contribution >= 0.6 is 0 Å². The van der Waals surface area contributed by atoms with E-state index >= 15 is 0 Å². The van der Waals surface area contributed by atoms with Crippen LogP contribution in [0.15, 0.2) is 12.1 Å². The first kappa shape index (κ1) is 14.4. The minimum atomic E-state index is 0.0834. The smallest absolute Gasteiger partial charge is 0.125 e. The minimum Gasteiger partial charge on any atom is -0.496 e. The molecule has 0 amide bonds. The van der Waals surface area contributed by atoms with Crippen molar-refractivity contribution in [3.8, 4) is 5.75 Å². The van der Waals surface area contributed by atoms with Gasteiger partial charge in [-0.2, -0.15) is 0 Å². The number of rotatable bonds is 3. The average molecular weight is 261 g/mol. The summed E-state index contributed by atoms with van der Waals surface area (Å²) < 4.78 is 5.62. The largest absolute Gasteiger partial charge is 0.496 e. The molecule has 0 aliphatic heterocycles. The zero-order chi connectivity index (χ0) is 14.4. The molecule has 0 saturated heterocycles. The molecule has 1 aromatic rings. The van der Waals surface area contributed by atoms with Crippen LogP contribution in [0.2, 0.25) is 0 Å². The number of hydrogen-bond donors (Lipinski definition) is 1. The van der Waals surface area contributed by atoms with E-state index in [1.807, 2.05) is 0 Å². The molecule has 2 nitrogen and oxygen atoms in total. The zero-order valence-corrected chi connectivity index (χ0v) is 13.1. The van der Waals surface area contributed by atoms with Crippen molar-refractivity contribution < 1.29 is 4.74 Å². The van der Waals surface area contributed by atoms with E-state index in [1.165, 1.54) is 29.5 Å². The fraction of sp³-hybridized carbons (Fsp3) is 0.647. The average Bonchev–Trinajstić information content (AvgIpc) is 3.07. The van der Waals surface area contributed by atoms with E-state index in [0.29, 0.717) is 0 Å². The summed E-state index contributed by atoms with van der Waals surface area (Å²) in [6, 6.07) is 4.81. The van der Waals surface area contributed by atoms with E-state index in [1.54, 1.807) is 7.11 Å². The fourth-order valence-corrected chi connectivity index (χ4v) is 3.03. The Balaban J connectivity index is 2.58. The maximum atomic E-state index is 6.21. The first-order valence-electron chi connectivity index (χ1n) is 7.17. The van der Waals surface area contributed by atoms with Crippen molar-refractivity contribution in [3.63, 3.8) is 0 Å². The van der Waals surface area contributed by atoms with Crippen LogP contribution in [0.1, 0.15) is 57.2 Å². The van der Waals surface area contributed by atoms with Crippen molar-refractivity contribution in [2.75, 3.05) is 7.11 Å². The third-order valence-electron chi connectivity index (χ3n) is 4.52. The molecule has 2 rings (SSSR count). The van der Waals surface area contributed by atoms with Gasteiger partial charge in [0.05, 0.1) is 7.11 Å². The lowest BCUT2D eigenvalue weighted by atomic mass is 9.80. The van der Waals surface area contributed by atoms with Crippen molar-refractivity contribution in [1.82, 2.24) is 0 Å². The lowest BCUT2D eigenvalue weighted by Crippen LogP contribution is -2.32. The van der Waals surface area contributed by atoms with Gasteiger partial charge in [0.1, 0.15) is 5.75 Å². The second-order valence-electron chi connectivity index (χ2n) is 7.07. The summed E-state index contributed by atoms with van der Waals surface area (Å²) >= 11 is 0. The maximum Gasteiger partial charge on any atom is 0.125 e. The van der Waals surface area contributed by atoms with E-state index in [9.17, 15) is 0 Å². The Hall–Kier alpha value is -1.02. The van der Waals surface area contributed by atoms with E-state index < -0.39 is 0 Å². The Bertz CT molecular complexity index is 479. The van der Waals surface area contributed by atoms with Crippen LogP contribution in [0.4, 0.5) is 0 Å². The maximum absolute atomic E-state index is 6.21. The van der Waals surface area contributed by atoms with Gasteiger partial charge < -0.3 is 10.5 Å². The van der Waals surface area contributed by atoms with Gasteiger partial charge in [0.25, 0.3) is 0 Å². The normalized spacial score (nSPS) is 19.1. The third-order valence-corrected chi connectivity index (χ3v) is 4.52. The SMILES string of the molecule is COc1c(C)cc(C2(C(C)N)CC2)cc1C(C)(C)C. The molecule has 1 atom stereocenters. The first-order valence-corrected chi connectivity index (χ1v) is 7.17. The number of nitrogens with two attached hydrogens (primary N) is 1. The summed E-state index contributed by atoms with van der Waals surface area (Å²) in [5.41, 5.74) is 10.4. The molecule has 0 bridgehead atoms. The summed E-state index contributed by atoms with van der Waals surface area (Å²) in [5, 5.41) is 0. The fourth-order valence-electron chi connectivity index (χ4n) is 3.03. The molecule has 1 saturated carbocycles. The van der Waals surface area contributed by atoms with Crippen LogP contribution in [0, 0.1) is 6.92 Å². The van der Waals surface area contributed by atoms with E-state index in [4.69, 9.17) is 10.5 Å². The molecule has 0 radical (unpaired) electrons. The Morgan fingerprint density at radius 2 is 1.84 bits per heavy atom. The molecule has 1 aliphatic rings. The molecule has 0 heterocycles. The molecule has 0 spiro atoms. The van der Waals surface area contributed by atoms with Gasteiger partial charge in [-0.05, 0) is 43.2 Å². The molecule has 2 heteroatoms. The Morgan fingerprint density at radius 3 is 2.21 bits per heavy atom. The number of methoxy groups -OCH3 is 1. The van der Waals surface area contributed by atoms with Gasteiger partial charge in [-0.25, -0.2) is 0 Å². The minimum absolute atomic E-state index is 0.0834. The Labute approximate surface area is 117 Å². The van der Waals surface area contributed by atoms with Crippen LogP contribution in [-0.4, -0.2) is 13.2 Å². The number of ether oxygens (including phenoxy) is 1. The van der Waals surface area contributed by atoms with E-state index in [0.717, 1.165) is 5.75 Å². The molecule has 106 valence electrons. The van der Waals surface area contributed by atoms with Gasteiger partial charge in [0.2, 0.25) is 0 Å². The molecule has 1 unspecified atom stereocenters. The second-order valence-corrected chi connectivity index (χ2v) is 7.07. The van der Waals surface area contributed by atoms with Crippen molar-refractivity contribution in [2.45, 2.75) is 64.3 Å². The molecular formula is C17H27NO.